The van der Waals surface area contributed by atoms with E-state index in [0.29, 0.717) is 11.3 Å². The van der Waals surface area contributed by atoms with Crippen LogP contribution in [0.2, 0.25) is 0 Å². The van der Waals surface area contributed by atoms with Crippen molar-refractivity contribution in [2.75, 3.05) is 0 Å². The van der Waals surface area contributed by atoms with Crippen LogP contribution in [0.1, 0.15) is 0 Å². The Bertz CT molecular complexity index is 583. The predicted octanol–water partition coefficient (Wildman–Crippen LogP) is 0.605. The number of hydrogen-bond donors (Lipinski definition) is 0. The van der Waals surface area contributed by atoms with Crippen LogP contribution in [0.15, 0.2) is 37.3 Å². The summed E-state index contributed by atoms with van der Waals surface area (Å²) in [5, 5.41) is 4.01. The molecular weight excluding hydrogens is 192 g/mol. The first kappa shape index (κ1) is 7.98. The standard InChI is InChI=1S/C9H6N6/c1-2-7-8(11-3-1)9(13-5-12-7)15-6-10-4-14-15/h1-6H. The number of fused-ring (bicyclic) bond motifs is 1. The van der Waals surface area contributed by atoms with Gasteiger partial charge in [0.1, 0.15) is 24.5 Å². The Morgan fingerprint density at radius 3 is 2.93 bits per heavy atom. The van der Waals surface area contributed by atoms with Gasteiger partial charge in [-0.1, -0.05) is 0 Å². The van der Waals surface area contributed by atoms with Gasteiger partial charge in [0.15, 0.2) is 5.82 Å². The van der Waals surface area contributed by atoms with E-state index in [1.165, 1.54) is 12.7 Å². The van der Waals surface area contributed by atoms with E-state index < -0.39 is 0 Å². The maximum atomic E-state index is 4.22. The Kier molecular flexibility index (Phi) is 1.64. The van der Waals surface area contributed by atoms with Gasteiger partial charge in [0.05, 0.1) is 5.52 Å². The van der Waals surface area contributed by atoms with Crippen LogP contribution in [0.5, 0.6) is 0 Å². The van der Waals surface area contributed by atoms with Crippen LogP contribution in [0.3, 0.4) is 0 Å². The third-order valence-corrected chi connectivity index (χ3v) is 2.01. The first-order valence-electron chi connectivity index (χ1n) is 4.36. The predicted molar refractivity (Wildman–Crippen MR) is 52.3 cm³/mol. The summed E-state index contributed by atoms with van der Waals surface area (Å²) in [6.45, 7) is 0. The highest BCUT2D eigenvalue weighted by atomic mass is 15.3. The van der Waals surface area contributed by atoms with Crippen molar-refractivity contribution in [1.29, 1.82) is 0 Å². The lowest BCUT2D eigenvalue weighted by Gasteiger charge is -2.01. The van der Waals surface area contributed by atoms with Gasteiger partial charge in [-0.25, -0.2) is 19.6 Å². The fourth-order valence-electron chi connectivity index (χ4n) is 1.37. The average molecular weight is 198 g/mol. The van der Waals surface area contributed by atoms with Crippen LogP contribution < -0.4 is 0 Å². The normalized spacial score (nSPS) is 10.7. The summed E-state index contributed by atoms with van der Waals surface area (Å²) in [5.41, 5.74) is 1.50. The maximum Gasteiger partial charge on any atom is 0.184 e. The molecule has 3 rings (SSSR count). The van der Waals surface area contributed by atoms with Crippen molar-refractivity contribution in [2.24, 2.45) is 0 Å². The summed E-state index contributed by atoms with van der Waals surface area (Å²) in [6.07, 6.45) is 6.22. The van der Waals surface area contributed by atoms with Gasteiger partial charge in [-0.3, -0.25) is 4.98 Å². The minimum absolute atomic E-state index is 0.637. The van der Waals surface area contributed by atoms with Gasteiger partial charge in [0.2, 0.25) is 0 Å². The lowest BCUT2D eigenvalue weighted by molar-refractivity contribution is 0.846. The molecule has 6 nitrogen and oxygen atoms in total. The van der Waals surface area contributed by atoms with E-state index in [9.17, 15) is 0 Å². The Morgan fingerprint density at radius 2 is 2.07 bits per heavy atom. The summed E-state index contributed by atoms with van der Waals surface area (Å²) in [4.78, 5) is 16.3. The SMILES string of the molecule is c1cnc2c(-n3cncn3)ncnc2c1. The van der Waals surface area contributed by atoms with E-state index in [1.807, 2.05) is 12.1 Å². The van der Waals surface area contributed by atoms with Crippen molar-refractivity contribution < 1.29 is 0 Å². The highest BCUT2D eigenvalue weighted by molar-refractivity contribution is 5.80. The van der Waals surface area contributed by atoms with Crippen LogP contribution in [-0.2, 0) is 0 Å². The zero-order valence-corrected chi connectivity index (χ0v) is 7.65. The largest absolute Gasteiger partial charge is 0.251 e. The molecule has 0 radical (unpaired) electrons. The van der Waals surface area contributed by atoms with Crippen LogP contribution in [-0.4, -0.2) is 29.7 Å². The molecule has 0 aliphatic rings. The quantitative estimate of drug-likeness (QED) is 0.572. The second kappa shape index (κ2) is 3.09. The molecule has 0 atom stereocenters. The molecule has 0 unspecified atom stereocenters. The Morgan fingerprint density at radius 1 is 1.07 bits per heavy atom. The monoisotopic (exact) mass is 198 g/mol. The number of nitrogens with zero attached hydrogens (tertiary/aromatic N) is 6. The van der Waals surface area contributed by atoms with E-state index >= 15 is 0 Å². The van der Waals surface area contributed by atoms with Gasteiger partial charge in [-0.2, -0.15) is 5.10 Å². The third kappa shape index (κ3) is 1.23. The fourth-order valence-corrected chi connectivity index (χ4v) is 1.37. The number of pyridine rings is 1. The van der Waals surface area contributed by atoms with E-state index in [1.54, 1.807) is 17.2 Å². The summed E-state index contributed by atoms with van der Waals surface area (Å²) < 4.78 is 1.57. The molecule has 0 aromatic carbocycles. The second-order valence-electron chi connectivity index (χ2n) is 2.91. The molecule has 0 spiro atoms. The summed E-state index contributed by atoms with van der Waals surface area (Å²) >= 11 is 0. The molecule has 3 aromatic heterocycles. The summed E-state index contributed by atoms with van der Waals surface area (Å²) in [7, 11) is 0. The minimum Gasteiger partial charge on any atom is -0.251 e. The molecule has 0 saturated heterocycles. The molecule has 0 fully saturated rings. The highest BCUT2D eigenvalue weighted by Crippen LogP contribution is 2.13. The van der Waals surface area contributed by atoms with Crippen molar-refractivity contribution in [2.45, 2.75) is 0 Å². The van der Waals surface area contributed by atoms with Gasteiger partial charge < -0.3 is 0 Å². The molecule has 0 saturated carbocycles. The number of hydrogen-bond acceptors (Lipinski definition) is 5. The zero-order valence-electron chi connectivity index (χ0n) is 7.65. The first-order chi connectivity index (χ1) is 7.45. The van der Waals surface area contributed by atoms with E-state index in [4.69, 9.17) is 0 Å². The van der Waals surface area contributed by atoms with E-state index in [2.05, 4.69) is 25.0 Å². The van der Waals surface area contributed by atoms with Gasteiger partial charge >= 0.3 is 0 Å². The topological polar surface area (TPSA) is 69.4 Å². The molecule has 0 bridgehead atoms. The average Bonchev–Trinajstić information content (AvgIpc) is 2.82. The third-order valence-electron chi connectivity index (χ3n) is 2.01. The Hall–Kier alpha value is -2.37. The second-order valence-corrected chi connectivity index (χ2v) is 2.91. The molecule has 3 heterocycles. The molecule has 0 amide bonds. The van der Waals surface area contributed by atoms with Gasteiger partial charge in [0.25, 0.3) is 0 Å². The Labute approximate surface area is 84.7 Å². The van der Waals surface area contributed by atoms with Crippen molar-refractivity contribution >= 4 is 11.0 Å². The molecule has 72 valence electrons. The molecule has 0 aliphatic heterocycles. The van der Waals surface area contributed by atoms with Crippen LogP contribution >= 0.6 is 0 Å². The van der Waals surface area contributed by atoms with E-state index in [-0.39, 0.29) is 0 Å². The van der Waals surface area contributed by atoms with Gasteiger partial charge in [-0.05, 0) is 12.1 Å². The maximum absolute atomic E-state index is 4.22. The molecule has 6 heteroatoms. The zero-order chi connectivity index (χ0) is 10.1. The minimum atomic E-state index is 0.637. The lowest BCUT2D eigenvalue weighted by Crippen LogP contribution is -2.00. The summed E-state index contributed by atoms with van der Waals surface area (Å²) in [6, 6.07) is 3.71. The van der Waals surface area contributed by atoms with Crippen molar-refractivity contribution in [3.8, 4) is 5.82 Å². The van der Waals surface area contributed by atoms with Crippen LogP contribution in [0.4, 0.5) is 0 Å². The molecule has 0 N–H and O–H groups in total. The van der Waals surface area contributed by atoms with Crippen LogP contribution in [0.25, 0.3) is 16.9 Å². The van der Waals surface area contributed by atoms with Gasteiger partial charge in [0, 0.05) is 6.20 Å². The molecule has 3 aromatic rings. The smallest absolute Gasteiger partial charge is 0.184 e. The summed E-state index contributed by atoms with van der Waals surface area (Å²) in [5.74, 6) is 0.637. The fraction of sp³-hybridized carbons (Fsp3) is 0. The highest BCUT2D eigenvalue weighted by Gasteiger charge is 2.06. The lowest BCUT2D eigenvalue weighted by atomic mass is 10.3. The van der Waals surface area contributed by atoms with E-state index in [0.717, 1.165) is 5.52 Å². The van der Waals surface area contributed by atoms with Crippen molar-refractivity contribution in [1.82, 2.24) is 29.7 Å². The first-order valence-corrected chi connectivity index (χ1v) is 4.36. The molecule has 15 heavy (non-hydrogen) atoms. The Balaban J connectivity index is 2.36. The van der Waals surface area contributed by atoms with Crippen molar-refractivity contribution in [3.05, 3.63) is 37.3 Å². The van der Waals surface area contributed by atoms with Crippen LogP contribution in [0, 0.1) is 0 Å². The molecular formula is C9H6N6. The van der Waals surface area contributed by atoms with Gasteiger partial charge in [-0.15, -0.1) is 0 Å². The number of rotatable bonds is 1. The molecule has 0 aliphatic carbocycles. The van der Waals surface area contributed by atoms with Crippen molar-refractivity contribution in [3.63, 3.8) is 0 Å². The number of aromatic nitrogens is 6.